The van der Waals surface area contributed by atoms with E-state index in [1.807, 2.05) is 0 Å². The number of ether oxygens (including phenoxy) is 1. The van der Waals surface area contributed by atoms with Crippen LogP contribution >= 0.6 is 0 Å². The van der Waals surface area contributed by atoms with E-state index in [1.54, 1.807) is 0 Å². The number of amides is 1. The summed E-state index contributed by atoms with van der Waals surface area (Å²) in [5.74, 6) is -0.462. The van der Waals surface area contributed by atoms with E-state index in [2.05, 4.69) is 5.32 Å². The minimum atomic E-state index is -1.45. The molecule has 0 bridgehead atoms. The molecule has 1 rings (SSSR count). The molecule has 0 aromatic heterocycles. The molecule has 0 spiro atoms. The Morgan fingerprint density at radius 1 is 1.33 bits per heavy atom. The van der Waals surface area contributed by atoms with E-state index in [0.717, 1.165) is 0 Å². The summed E-state index contributed by atoms with van der Waals surface area (Å²) in [6.45, 7) is 0.687. The zero-order chi connectivity index (χ0) is 11.6. The number of rotatable bonds is 2. The highest BCUT2D eigenvalue weighted by Gasteiger charge is 2.43. The van der Waals surface area contributed by atoms with Crippen LogP contribution in [0.15, 0.2) is 0 Å². The Labute approximate surface area is 86.3 Å². The van der Waals surface area contributed by atoms with Crippen LogP contribution in [0.25, 0.3) is 0 Å². The molecule has 1 aliphatic heterocycles. The smallest absolute Gasteiger partial charge is 0.217 e. The predicted octanol–water partition coefficient (Wildman–Crippen LogP) is -3.08. The molecule has 0 aliphatic carbocycles. The van der Waals surface area contributed by atoms with Gasteiger partial charge in [0, 0.05) is 6.92 Å². The zero-order valence-electron chi connectivity index (χ0n) is 8.20. The highest BCUT2D eigenvalue weighted by molar-refractivity contribution is 5.73. The molecule has 7 heteroatoms. The molecule has 5 atom stereocenters. The van der Waals surface area contributed by atoms with Crippen LogP contribution in [-0.2, 0) is 9.53 Å². The average Bonchev–Trinajstić information content (AvgIpc) is 2.18. The third-order valence-electron chi connectivity index (χ3n) is 2.27. The zero-order valence-corrected chi connectivity index (χ0v) is 8.20. The normalized spacial score (nSPS) is 41.3. The van der Waals surface area contributed by atoms with Gasteiger partial charge in [-0.15, -0.1) is 0 Å². The standard InChI is InChI=1S/C8H15NO6/c1-3(11)9-5-7(13)6(12)4(2-10)15-8(5)14/h4-8,10,12-14H,2H2,1H3,(H,9,11)/t4?,5-,6+,7?,8+/m0/s1. The number of hydrogen-bond acceptors (Lipinski definition) is 6. The molecule has 1 heterocycles. The van der Waals surface area contributed by atoms with Crippen molar-refractivity contribution < 1.29 is 30.0 Å². The Kier molecular flexibility index (Phi) is 4.00. The van der Waals surface area contributed by atoms with Gasteiger partial charge < -0.3 is 30.5 Å². The number of nitrogens with one attached hydrogen (secondary N) is 1. The Hall–Kier alpha value is -0.730. The highest BCUT2D eigenvalue weighted by Crippen LogP contribution is 2.19. The van der Waals surface area contributed by atoms with Crippen molar-refractivity contribution in [2.24, 2.45) is 0 Å². The molecule has 0 radical (unpaired) electrons. The summed E-state index contributed by atoms with van der Waals surface area (Å²) in [5.41, 5.74) is 0. The fraction of sp³-hybridized carbons (Fsp3) is 0.875. The third-order valence-corrected chi connectivity index (χ3v) is 2.27. The van der Waals surface area contributed by atoms with Gasteiger partial charge in [-0.05, 0) is 0 Å². The molecular formula is C8H15NO6. The summed E-state index contributed by atoms with van der Waals surface area (Å²) in [5, 5.41) is 39.4. The van der Waals surface area contributed by atoms with Crippen LogP contribution in [0.5, 0.6) is 0 Å². The summed E-state index contributed by atoms with van der Waals surface area (Å²) < 4.78 is 4.81. The number of carbonyl (C=O) groups excluding carboxylic acids is 1. The van der Waals surface area contributed by atoms with Gasteiger partial charge in [0.15, 0.2) is 6.29 Å². The van der Waals surface area contributed by atoms with E-state index in [9.17, 15) is 20.1 Å². The molecule has 5 N–H and O–H groups in total. The Morgan fingerprint density at radius 2 is 1.93 bits per heavy atom. The van der Waals surface area contributed by atoms with E-state index in [4.69, 9.17) is 9.84 Å². The first-order valence-corrected chi connectivity index (χ1v) is 4.55. The second-order valence-electron chi connectivity index (χ2n) is 3.46. The third kappa shape index (κ3) is 2.64. The first-order valence-electron chi connectivity index (χ1n) is 4.55. The minimum absolute atomic E-state index is 0.462. The molecule has 0 saturated carbocycles. The molecule has 88 valence electrons. The molecule has 2 unspecified atom stereocenters. The maximum Gasteiger partial charge on any atom is 0.217 e. The predicted molar refractivity (Wildman–Crippen MR) is 47.6 cm³/mol. The molecule has 0 aromatic rings. The quantitative estimate of drug-likeness (QED) is 0.337. The Bertz CT molecular complexity index is 235. The molecule has 15 heavy (non-hydrogen) atoms. The largest absolute Gasteiger partial charge is 0.394 e. The fourth-order valence-corrected chi connectivity index (χ4v) is 1.49. The van der Waals surface area contributed by atoms with Gasteiger partial charge in [0.25, 0.3) is 0 Å². The SMILES string of the molecule is CC(=O)N[C@H]1C(O)[C@H](O)C(CO)O[C@H]1O. The number of carbonyl (C=O) groups is 1. The number of aliphatic hydroxyl groups excluding tert-OH is 4. The van der Waals surface area contributed by atoms with Gasteiger partial charge in [-0.1, -0.05) is 0 Å². The van der Waals surface area contributed by atoms with Crippen LogP contribution in [0.3, 0.4) is 0 Å². The average molecular weight is 221 g/mol. The van der Waals surface area contributed by atoms with Crippen molar-refractivity contribution in [3.63, 3.8) is 0 Å². The lowest BCUT2D eigenvalue weighted by molar-refractivity contribution is -0.253. The molecule has 0 aromatic carbocycles. The van der Waals surface area contributed by atoms with Crippen LogP contribution in [0.1, 0.15) is 6.92 Å². The molecular weight excluding hydrogens is 206 g/mol. The van der Waals surface area contributed by atoms with Crippen molar-refractivity contribution in [3.8, 4) is 0 Å². The minimum Gasteiger partial charge on any atom is -0.394 e. The van der Waals surface area contributed by atoms with E-state index < -0.39 is 43.2 Å². The summed E-state index contributed by atoms with van der Waals surface area (Å²) in [4.78, 5) is 10.7. The maximum absolute atomic E-state index is 10.7. The van der Waals surface area contributed by atoms with Gasteiger partial charge in [-0.3, -0.25) is 4.79 Å². The van der Waals surface area contributed by atoms with Crippen LogP contribution < -0.4 is 5.32 Å². The van der Waals surface area contributed by atoms with Gasteiger partial charge in [0.1, 0.15) is 24.4 Å². The van der Waals surface area contributed by atoms with E-state index in [-0.39, 0.29) is 0 Å². The summed E-state index contributed by atoms with van der Waals surface area (Å²) in [6.07, 6.45) is -5.24. The summed E-state index contributed by atoms with van der Waals surface area (Å²) in [7, 11) is 0. The highest BCUT2D eigenvalue weighted by atomic mass is 16.6. The van der Waals surface area contributed by atoms with E-state index in [1.165, 1.54) is 6.92 Å². The van der Waals surface area contributed by atoms with E-state index in [0.29, 0.717) is 0 Å². The van der Waals surface area contributed by atoms with Crippen LogP contribution in [0, 0.1) is 0 Å². The topological polar surface area (TPSA) is 119 Å². The van der Waals surface area contributed by atoms with Gasteiger partial charge in [-0.25, -0.2) is 0 Å². The van der Waals surface area contributed by atoms with Gasteiger partial charge >= 0.3 is 0 Å². The number of aliphatic hydroxyl groups is 4. The second-order valence-corrected chi connectivity index (χ2v) is 3.46. The van der Waals surface area contributed by atoms with Crippen molar-refractivity contribution in [3.05, 3.63) is 0 Å². The van der Waals surface area contributed by atoms with Gasteiger partial charge in [-0.2, -0.15) is 0 Å². The fourth-order valence-electron chi connectivity index (χ4n) is 1.49. The monoisotopic (exact) mass is 221 g/mol. The van der Waals surface area contributed by atoms with Crippen LogP contribution in [-0.4, -0.2) is 63.6 Å². The van der Waals surface area contributed by atoms with Gasteiger partial charge in [0.2, 0.25) is 5.91 Å². The lowest BCUT2D eigenvalue weighted by Gasteiger charge is -2.40. The van der Waals surface area contributed by atoms with Crippen LogP contribution in [0.4, 0.5) is 0 Å². The summed E-state index contributed by atoms with van der Waals surface area (Å²) >= 11 is 0. The van der Waals surface area contributed by atoms with Crippen molar-refractivity contribution in [2.75, 3.05) is 6.61 Å². The molecule has 7 nitrogen and oxygen atoms in total. The summed E-state index contributed by atoms with van der Waals surface area (Å²) in [6, 6.07) is -1.10. The van der Waals surface area contributed by atoms with Crippen molar-refractivity contribution in [1.29, 1.82) is 0 Å². The molecule has 1 fully saturated rings. The van der Waals surface area contributed by atoms with E-state index >= 15 is 0 Å². The molecule has 1 aliphatic rings. The molecule has 1 amide bonds. The van der Waals surface area contributed by atoms with Crippen molar-refractivity contribution in [1.82, 2.24) is 5.32 Å². The molecule has 1 saturated heterocycles. The lowest BCUT2D eigenvalue weighted by Crippen LogP contribution is -2.63. The Balaban J connectivity index is 2.70. The first-order chi connectivity index (χ1) is 6.97. The number of hydrogen-bond donors (Lipinski definition) is 5. The van der Waals surface area contributed by atoms with Crippen molar-refractivity contribution >= 4 is 5.91 Å². The Morgan fingerprint density at radius 3 is 2.40 bits per heavy atom. The maximum atomic E-state index is 10.7. The second kappa shape index (κ2) is 4.86. The lowest BCUT2D eigenvalue weighted by atomic mass is 9.97. The first kappa shape index (κ1) is 12.3. The van der Waals surface area contributed by atoms with Crippen molar-refractivity contribution in [2.45, 2.75) is 37.6 Å². The van der Waals surface area contributed by atoms with Crippen LogP contribution in [0.2, 0.25) is 0 Å². The van der Waals surface area contributed by atoms with Gasteiger partial charge in [0.05, 0.1) is 6.61 Å².